The zero-order valence-corrected chi connectivity index (χ0v) is 12.2. The molecule has 22 heavy (non-hydrogen) atoms. The first-order valence-corrected chi connectivity index (χ1v) is 6.78. The molecule has 0 fully saturated rings. The van der Waals surface area contributed by atoms with Gasteiger partial charge in [0.25, 0.3) is 5.91 Å². The minimum Gasteiger partial charge on any atom is -0.383 e. The molecule has 1 aromatic heterocycles. The number of anilines is 1. The smallest absolute Gasteiger partial charge is 0.270 e. The van der Waals surface area contributed by atoms with Gasteiger partial charge in [-0.1, -0.05) is 18.2 Å². The number of nitrogens with one attached hydrogen (secondary N) is 2. The second-order valence-electron chi connectivity index (χ2n) is 4.46. The molecule has 1 aromatic carbocycles. The highest BCUT2D eigenvalue weighted by Gasteiger charge is 2.09. The van der Waals surface area contributed by atoms with E-state index < -0.39 is 0 Å². The Labute approximate surface area is 127 Å². The van der Waals surface area contributed by atoms with Gasteiger partial charge >= 0.3 is 0 Å². The third kappa shape index (κ3) is 4.49. The molecule has 0 aliphatic carbocycles. The summed E-state index contributed by atoms with van der Waals surface area (Å²) in [5.41, 5.74) is 0.634. The lowest BCUT2D eigenvalue weighted by Gasteiger charge is -2.07. The van der Waals surface area contributed by atoms with Crippen molar-refractivity contribution in [2.24, 2.45) is 0 Å². The lowest BCUT2D eigenvalue weighted by Crippen LogP contribution is -2.25. The summed E-state index contributed by atoms with van der Waals surface area (Å²) in [6, 6.07) is 7.78. The van der Waals surface area contributed by atoms with E-state index in [4.69, 9.17) is 4.74 Å². The molecule has 116 valence electrons. The van der Waals surface area contributed by atoms with Crippen LogP contribution in [0.15, 0.2) is 36.5 Å². The largest absolute Gasteiger partial charge is 0.383 e. The molecule has 0 aliphatic rings. The monoisotopic (exact) mass is 304 g/mol. The van der Waals surface area contributed by atoms with Crippen molar-refractivity contribution in [2.45, 2.75) is 6.54 Å². The Morgan fingerprint density at radius 2 is 2.14 bits per heavy atom. The second-order valence-corrected chi connectivity index (χ2v) is 4.46. The van der Waals surface area contributed by atoms with Crippen LogP contribution in [0, 0.1) is 5.82 Å². The van der Waals surface area contributed by atoms with Crippen molar-refractivity contribution in [3.05, 3.63) is 53.6 Å². The first-order valence-electron chi connectivity index (χ1n) is 6.78. The zero-order chi connectivity index (χ0) is 15.8. The Hall–Kier alpha value is -2.54. The molecule has 6 nitrogen and oxygen atoms in total. The van der Waals surface area contributed by atoms with Crippen LogP contribution in [0.3, 0.4) is 0 Å². The Morgan fingerprint density at radius 3 is 2.91 bits per heavy atom. The van der Waals surface area contributed by atoms with Gasteiger partial charge in [0.1, 0.15) is 11.5 Å². The third-order valence-electron chi connectivity index (χ3n) is 2.87. The molecule has 1 heterocycles. The number of halogens is 1. The number of aromatic nitrogens is 2. The van der Waals surface area contributed by atoms with Crippen molar-refractivity contribution in [1.82, 2.24) is 15.3 Å². The number of ether oxygens (including phenoxy) is 1. The van der Waals surface area contributed by atoms with Crippen LogP contribution in [0.1, 0.15) is 16.1 Å². The number of amides is 1. The quantitative estimate of drug-likeness (QED) is 0.760. The van der Waals surface area contributed by atoms with Crippen molar-refractivity contribution in [2.75, 3.05) is 25.6 Å². The van der Waals surface area contributed by atoms with Gasteiger partial charge in [-0.3, -0.25) is 4.79 Å². The zero-order valence-electron chi connectivity index (χ0n) is 12.2. The van der Waals surface area contributed by atoms with E-state index in [0.29, 0.717) is 24.7 Å². The molecule has 0 aliphatic heterocycles. The molecule has 0 saturated heterocycles. The molecule has 0 saturated carbocycles. The summed E-state index contributed by atoms with van der Waals surface area (Å²) in [6.45, 7) is 1.14. The fourth-order valence-electron chi connectivity index (χ4n) is 1.74. The van der Waals surface area contributed by atoms with E-state index in [2.05, 4.69) is 20.6 Å². The Bertz CT molecular complexity index is 636. The number of benzene rings is 1. The van der Waals surface area contributed by atoms with E-state index in [-0.39, 0.29) is 24.0 Å². The maximum Gasteiger partial charge on any atom is 0.270 e. The maximum absolute atomic E-state index is 13.5. The predicted molar refractivity (Wildman–Crippen MR) is 80.0 cm³/mol. The van der Waals surface area contributed by atoms with Gasteiger partial charge < -0.3 is 15.4 Å². The van der Waals surface area contributed by atoms with E-state index in [1.165, 1.54) is 18.3 Å². The summed E-state index contributed by atoms with van der Waals surface area (Å²) >= 11 is 0. The summed E-state index contributed by atoms with van der Waals surface area (Å²) in [7, 11) is 1.59. The summed E-state index contributed by atoms with van der Waals surface area (Å²) in [4.78, 5) is 20.1. The normalized spacial score (nSPS) is 10.3. The van der Waals surface area contributed by atoms with Crippen LogP contribution in [-0.4, -0.2) is 36.1 Å². The van der Waals surface area contributed by atoms with Gasteiger partial charge in [0.05, 0.1) is 6.61 Å². The van der Waals surface area contributed by atoms with Gasteiger partial charge in [0, 0.05) is 32.0 Å². The standard InChI is InChI=1S/C15H17FN4O2/c1-22-9-8-18-15-17-7-6-13(20-15)14(21)19-10-11-4-2-3-5-12(11)16/h2-7H,8-10H2,1H3,(H,19,21)(H,17,18,20). The average molecular weight is 304 g/mol. The highest BCUT2D eigenvalue weighted by Crippen LogP contribution is 2.06. The molecule has 0 atom stereocenters. The van der Waals surface area contributed by atoms with Crippen LogP contribution in [0.4, 0.5) is 10.3 Å². The number of rotatable bonds is 7. The molecule has 1 amide bonds. The Kier molecular flexibility index (Phi) is 5.79. The fourth-order valence-corrected chi connectivity index (χ4v) is 1.74. The van der Waals surface area contributed by atoms with Crippen molar-refractivity contribution >= 4 is 11.9 Å². The van der Waals surface area contributed by atoms with Crippen molar-refractivity contribution in [3.63, 3.8) is 0 Å². The summed E-state index contributed by atoms with van der Waals surface area (Å²) in [5, 5.41) is 5.57. The van der Waals surface area contributed by atoms with Gasteiger partial charge in [-0.2, -0.15) is 0 Å². The topological polar surface area (TPSA) is 76.1 Å². The molecule has 0 bridgehead atoms. The minimum absolute atomic E-state index is 0.0992. The first-order chi connectivity index (χ1) is 10.7. The maximum atomic E-state index is 13.5. The van der Waals surface area contributed by atoms with Crippen molar-refractivity contribution < 1.29 is 13.9 Å². The van der Waals surface area contributed by atoms with Crippen LogP contribution >= 0.6 is 0 Å². The van der Waals surface area contributed by atoms with Crippen LogP contribution in [0.2, 0.25) is 0 Å². The van der Waals surface area contributed by atoms with Gasteiger partial charge in [0.15, 0.2) is 0 Å². The van der Waals surface area contributed by atoms with E-state index in [9.17, 15) is 9.18 Å². The van der Waals surface area contributed by atoms with Crippen LogP contribution in [0.25, 0.3) is 0 Å². The molecule has 2 rings (SSSR count). The predicted octanol–water partition coefficient (Wildman–Crippen LogP) is 1.60. The molecular weight excluding hydrogens is 287 g/mol. The summed E-state index contributed by atoms with van der Waals surface area (Å²) < 4.78 is 18.4. The lowest BCUT2D eigenvalue weighted by molar-refractivity contribution is 0.0945. The molecular formula is C15H17FN4O2. The SMILES string of the molecule is COCCNc1nccc(C(=O)NCc2ccccc2F)n1. The van der Waals surface area contributed by atoms with E-state index in [0.717, 1.165) is 0 Å². The Morgan fingerprint density at radius 1 is 1.32 bits per heavy atom. The fraction of sp³-hybridized carbons (Fsp3) is 0.267. The second kappa shape index (κ2) is 8.04. The van der Waals surface area contributed by atoms with Gasteiger partial charge in [-0.05, 0) is 12.1 Å². The van der Waals surface area contributed by atoms with Crippen LogP contribution in [0.5, 0.6) is 0 Å². The molecule has 0 radical (unpaired) electrons. The van der Waals surface area contributed by atoms with E-state index in [1.54, 1.807) is 25.3 Å². The van der Waals surface area contributed by atoms with E-state index >= 15 is 0 Å². The van der Waals surface area contributed by atoms with Crippen LogP contribution in [-0.2, 0) is 11.3 Å². The average Bonchev–Trinajstić information content (AvgIpc) is 2.54. The number of methoxy groups -OCH3 is 1. The number of carbonyl (C=O) groups excluding carboxylic acids is 1. The summed E-state index contributed by atoms with van der Waals surface area (Å²) in [6.07, 6.45) is 1.49. The number of carbonyl (C=O) groups is 1. The van der Waals surface area contributed by atoms with E-state index in [1.807, 2.05) is 0 Å². The lowest BCUT2D eigenvalue weighted by atomic mass is 10.2. The molecule has 0 spiro atoms. The Balaban J connectivity index is 1.95. The van der Waals surface area contributed by atoms with Gasteiger partial charge in [0.2, 0.25) is 5.95 Å². The number of nitrogens with zero attached hydrogens (tertiary/aromatic N) is 2. The molecule has 7 heteroatoms. The molecule has 0 unspecified atom stereocenters. The third-order valence-corrected chi connectivity index (χ3v) is 2.87. The van der Waals surface area contributed by atoms with Gasteiger partial charge in [-0.25, -0.2) is 14.4 Å². The first kappa shape index (κ1) is 15.8. The molecule has 2 N–H and O–H groups in total. The molecule has 2 aromatic rings. The minimum atomic E-state index is -0.388. The van der Waals surface area contributed by atoms with Crippen molar-refractivity contribution in [1.29, 1.82) is 0 Å². The summed E-state index contributed by atoms with van der Waals surface area (Å²) in [5.74, 6) is -0.400. The number of hydrogen-bond acceptors (Lipinski definition) is 5. The van der Waals surface area contributed by atoms with Gasteiger partial charge in [-0.15, -0.1) is 0 Å². The number of hydrogen-bond donors (Lipinski definition) is 2. The van der Waals surface area contributed by atoms with Crippen LogP contribution < -0.4 is 10.6 Å². The highest BCUT2D eigenvalue weighted by atomic mass is 19.1. The highest BCUT2D eigenvalue weighted by molar-refractivity contribution is 5.92. The van der Waals surface area contributed by atoms with Crippen molar-refractivity contribution in [3.8, 4) is 0 Å².